The van der Waals surface area contributed by atoms with Gasteiger partial charge < -0.3 is 0 Å². The summed E-state index contributed by atoms with van der Waals surface area (Å²) in [6, 6.07) is 3.97. The Labute approximate surface area is 111 Å². The number of hydrogen-bond acceptors (Lipinski definition) is 3. The Morgan fingerprint density at radius 2 is 2.00 bits per heavy atom. The first-order valence-electron chi connectivity index (χ1n) is 5.16. The number of carbonyl (C=O) groups is 1. The molecule has 19 heavy (non-hydrogen) atoms. The van der Waals surface area contributed by atoms with E-state index < -0.39 is 28.0 Å². The zero-order valence-electron chi connectivity index (χ0n) is 9.65. The molecule has 0 unspecified atom stereocenters. The third kappa shape index (κ3) is 2.53. The molecule has 0 saturated carbocycles. The smallest absolute Gasteiger partial charge is 0.276 e. The molecule has 0 aliphatic rings. The van der Waals surface area contributed by atoms with Crippen molar-refractivity contribution in [1.29, 1.82) is 0 Å². The number of hydrogen-bond donors (Lipinski definition) is 0. The fourth-order valence-electron chi connectivity index (χ4n) is 1.58. The van der Waals surface area contributed by atoms with Crippen molar-refractivity contribution in [2.24, 2.45) is 0 Å². The van der Waals surface area contributed by atoms with Crippen molar-refractivity contribution in [3.63, 3.8) is 0 Å². The van der Waals surface area contributed by atoms with Crippen LogP contribution in [0.5, 0.6) is 0 Å². The van der Waals surface area contributed by atoms with Crippen molar-refractivity contribution in [2.45, 2.75) is 6.92 Å². The van der Waals surface area contributed by atoms with Crippen LogP contribution in [0.4, 0.5) is 8.78 Å². The van der Waals surface area contributed by atoms with E-state index in [4.69, 9.17) is 11.6 Å². The van der Waals surface area contributed by atoms with E-state index in [0.717, 1.165) is 22.9 Å². The summed E-state index contributed by atoms with van der Waals surface area (Å²) in [5, 5.41) is 2.65. The topological polar surface area (TPSA) is 52.0 Å². The normalized spacial score (nSPS) is 10.5. The standard InChI is InChI=1S/C12H7ClF2N2O2/c1-6-4-10(18)11(12(13)19)16-17(6)9-3-2-7(14)5-8(9)15/h2-5H,1H3. The number of rotatable bonds is 2. The first-order valence-corrected chi connectivity index (χ1v) is 5.54. The van der Waals surface area contributed by atoms with Crippen LogP contribution in [0.1, 0.15) is 16.2 Å². The summed E-state index contributed by atoms with van der Waals surface area (Å²) in [5.74, 6) is -1.61. The summed E-state index contributed by atoms with van der Waals surface area (Å²) in [4.78, 5) is 22.5. The van der Waals surface area contributed by atoms with Crippen LogP contribution in [-0.4, -0.2) is 15.0 Å². The zero-order chi connectivity index (χ0) is 14.2. The second kappa shape index (κ2) is 4.89. The van der Waals surface area contributed by atoms with Crippen LogP contribution in [0, 0.1) is 18.6 Å². The molecule has 1 heterocycles. The highest BCUT2D eigenvalue weighted by Crippen LogP contribution is 2.15. The lowest BCUT2D eigenvalue weighted by molar-refractivity contribution is 0.107. The number of aromatic nitrogens is 2. The van der Waals surface area contributed by atoms with Gasteiger partial charge in [0.25, 0.3) is 5.24 Å². The average Bonchev–Trinajstić information content (AvgIpc) is 2.30. The minimum absolute atomic E-state index is 0.0851. The summed E-state index contributed by atoms with van der Waals surface area (Å²) >= 11 is 5.22. The largest absolute Gasteiger partial charge is 0.287 e. The fraction of sp³-hybridized carbons (Fsp3) is 0.0833. The highest BCUT2D eigenvalue weighted by molar-refractivity contribution is 6.67. The van der Waals surface area contributed by atoms with Crippen LogP contribution < -0.4 is 5.43 Å². The minimum Gasteiger partial charge on any atom is -0.287 e. The Balaban J connectivity index is 2.71. The van der Waals surface area contributed by atoms with E-state index in [2.05, 4.69) is 5.10 Å². The van der Waals surface area contributed by atoms with Gasteiger partial charge >= 0.3 is 0 Å². The second-order valence-corrected chi connectivity index (χ2v) is 4.12. The molecule has 0 N–H and O–H groups in total. The summed E-state index contributed by atoms with van der Waals surface area (Å²) < 4.78 is 27.5. The Morgan fingerprint density at radius 3 is 2.58 bits per heavy atom. The van der Waals surface area contributed by atoms with Crippen molar-refractivity contribution in [3.05, 3.63) is 57.5 Å². The van der Waals surface area contributed by atoms with E-state index in [1.165, 1.54) is 6.92 Å². The lowest BCUT2D eigenvalue weighted by Crippen LogP contribution is -2.21. The van der Waals surface area contributed by atoms with Gasteiger partial charge in [-0.3, -0.25) is 9.59 Å². The quantitative estimate of drug-likeness (QED) is 0.795. The van der Waals surface area contributed by atoms with Crippen LogP contribution in [0.25, 0.3) is 5.69 Å². The highest BCUT2D eigenvalue weighted by atomic mass is 35.5. The summed E-state index contributed by atoms with van der Waals surface area (Å²) in [6.07, 6.45) is 0. The van der Waals surface area contributed by atoms with Crippen LogP contribution in [0.2, 0.25) is 0 Å². The Hall–Kier alpha value is -2.08. The van der Waals surface area contributed by atoms with Crippen molar-refractivity contribution < 1.29 is 13.6 Å². The predicted molar refractivity (Wildman–Crippen MR) is 64.7 cm³/mol. The van der Waals surface area contributed by atoms with E-state index in [1.807, 2.05) is 0 Å². The number of benzene rings is 1. The second-order valence-electron chi connectivity index (χ2n) is 3.78. The monoisotopic (exact) mass is 284 g/mol. The molecule has 7 heteroatoms. The van der Waals surface area contributed by atoms with E-state index in [0.29, 0.717) is 6.07 Å². The van der Waals surface area contributed by atoms with Crippen molar-refractivity contribution in [3.8, 4) is 5.69 Å². The third-order valence-corrected chi connectivity index (χ3v) is 2.61. The highest BCUT2D eigenvalue weighted by Gasteiger charge is 2.15. The van der Waals surface area contributed by atoms with Gasteiger partial charge in [0.05, 0.1) is 0 Å². The van der Waals surface area contributed by atoms with Gasteiger partial charge in [-0.05, 0) is 30.7 Å². The maximum atomic E-state index is 13.7. The molecular formula is C12H7ClF2N2O2. The van der Waals surface area contributed by atoms with Crippen LogP contribution in [0.3, 0.4) is 0 Å². The average molecular weight is 285 g/mol. The molecule has 4 nitrogen and oxygen atoms in total. The van der Waals surface area contributed by atoms with Gasteiger partial charge in [0.15, 0.2) is 11.5 Å². The minimum atomic E-state index is -1.04. The molecule has 98 valence electrons. The SMILES string of the molecule is Cc1cc(=O)c(C(=O)Cl)nn1-c1ccc(F)cc1F. The molecule has 0 spiro atoms. The van der Waals surface area contributed by atoms with Gasteiger partial charge in [-0.15, -0.1) is 0 Å². The Bertz CT molecular complexity index is 728. The molecule has 0 atom stereocenters. The van der Waals surface area contributed by atoms with Crippen molar-refractivity contribution in [1.82, 2.24) is 9.78 Å². The van der Waals surface area contributed by atoms with Gasteiger partial charge in [0.2, 0.25) is 5.43 Å². The van der Waals surface area contributed by atoms with E-state index in [1.54, 1.807) is 0 Å². The van der Waals surface area contributed by atoms with Gasteiger partial charge in [0.1, 0.15) is 11.5 Å². The molecule has 0 amide bonds. The van der Waals surface area contributed by atoms with Gasteiger partial charge in [-0.2, -0.15) is 5.10 Å². The zero-order valence-corrected chi connectivity index (χ0v) is 10.4. The van der Waals surface area contributed by atoms with Gasteiger partial charge in [0, 0.05) is 17.8 Å². The van der Waals surface area contributed by atoms with Crippen molar-refractivity contribution >= 4 is 16.8 Å². The number of aryl methyl sites for hydroxylation is 1. The summed E-state index contributed by atoms with van der Waals surface area (Å²) in [6.45, 7) is 1.50. The molecule has 1 aromatic heterocycles. The molecule has 0 aliphatic carbocycles. The molecule has 0 fully saturated rings. The lowest BCUT2D eigenvalue weighted by Gasteiger charge is -2.10. The molecule has 0 bridgehead atoms. The predicted octanol–water partition coefficient (Wildman–Crippen LogP) is 2.20. The Morgan fingerprint density at radius 1 is 1.32 bits per heavy atom. The molecule has 0 saturated heterocycles. The number of nitrogens with zero attached hydrogens (tertiary/aromatic N) is 2. The lowest BCUT2D eigenvalue weighted by atomic mass is 10.2. The summed E-state index contributed by atoms with van der Waals surface area (Å²) in [5.41, 5.74) is -0.970. The first kappa shape index (κ1) is 13.4. The molecule has 2 rings (SSSR count). The molecular weight excluding hydrogens is 278 g/mol. The molecule has 0 aliphatic heterocycles. The van der Waals surface area contributed by atoms with Crippen LogP contribution in [0.15, 0.2) is 29.1 Å². The first-order chi connectivity index (χ1) is 8.90. The maximum Gasteiger partial charge on any atom is 0.276 e. The Kier molecular flexibility index (Phi) is 3.44. The number of carbonyl (C=O) groups excluding carboxylic acids is 1. The molecule has 0 radical (unpaired) electrons. The number of halogens is 3. The molecule has 2 aromatic rings. The third-order valence-electron chi connectivity index (χ3n) is 2.43. The van der Waals surface area contributed by atoms with Gasteiger partial charge in [-0.25, -0.2) is 13.5 Å². The van der Waals surface area contributed by atoms with E-state index in [9.17, 15) is 18.4 Å². The fourth-order valence-corrected chi connectivity index (χ4v) is 1.71. The summed E-state index contributed by atoms with van der Waals surface area (Å²) in [7, 11) is 0. The maximum absolute atomic E-state index is 13.7. The van der Waals surface area contributed by atoms with E-state index >= 15 is 0 Å². The van der Waals surface area contributed by atoms with Gasteiger partial charge in [-0.1, -0.05) is 0 Å². The van der Waals surface area contributed by atoms with Crippen molar-refractivity contribution in [2.75, 3.05) is 0 Å². The molecule has 1 aromatic carbocycles. The van der Waals surface area contributed by atoms with E-state index in [-0.39, 0.29) is 11.4 Å². The van der Waals surface area contributed by atoms with Crippen LogP contribution >= 0.6 is 11.6 Å². The van der Waals surface area contributed by atoms with Crippen LogP contribution in [-0.2, 0) is 0 Å².